The summed E-state index contributed by atoms with van der Waals surface area (Å²) in [4.78, 5) is 14.1. The number of nitrogens with zero attached hydrogens (tertiary/aromatic N) is 2. The smallest absolute Gasteiger partial charge is 0.290 e. The van der Waals surface area contributed by atoms with Gasteiger partial charge in [0.1, 0.15) is 11.9 Å². The molecule has 0 saturated heterocycles. The third-order valence-corrected chi connectivity index (χ3v) is 2.56. The van der Waals surface area contributed by atoms with Crippen LogP contribution in [0.2, 0.25) is 0 Å². The molecule has 2 rings (SSSR count). The summed E-state index contributed by atoms with van der Waals surface area (Å²) in [5.41, 5.74) is 1.15. The monoisotopic (exact) mass is 260 g/mol. The van der Waals surface area contributed by atoms with E-state index < -0.39 is 4.92 Å². The molecule has 1 aromatic carbocycles. The van der Waals surface area contributed by atoms with Crippen molar-refractivity contribution in [3.8, 4) is 11.6 Å². The largest absolute Gasteiger partial charge is 0.439 e. The van der Waals surface area contributed by atoms with Crippen molar-refractivity contribution in [1.29, 1.82) is 0 Å². The predicted octanol–water partition coefficient (Wildman–Crippen LogP) is 2.58. The Morgan fingerprint density at radius 3 is 2.84 bits per heavy atom. The maximum Gasteiger partial charge on any atom is 0.290 e. The zero-order valence-corrected chi connectivity index (χ0v) is 10.2. The molecule has 1 aromatic heterocycles. The van der Waals surface area contributed by atoms with Crippen molar-refractivity contribution in [3.05, 3.63) is 57.8 Å². The standard InChI is InChI=1S/C13H12N2O4/c1-9-5-13(14-7-12(9)15(17)18)19-11-4-2-3-10(6-11)8-16/h2-7,16H,8H2,1H3. The molecule has 0 aliphatic carbocycles. The lowest BCUT2D eigenvalue weighted by molar-refractivity contribution is -0.385. The van der Waals surface area contributed by atoms with E-state index in [-0.39, 0.29) is 18.2 Å². The van der Waals surface area contributed by atoms with Gasteiger partial charge < -0.3 is 9.84 Å². The van der Waals surface area contributed by atoms with E-state index in [0.717, 1.165) is 5.56 Å². The molecule has 19 heavy (non-hydrogen) atoms. The van der Waals surface area contributed by atoms with Crippen LogP contribution in [0.3, 0.4) is 0 Å². The van der Waals surface area contributed by atoms with Crippen molar-refractivity contribution >= 4 is 5.69 Å². The molecular weight excluding hydrogens is 248 g/mol. The van der Waals surface area contributed by atoms with Gasteiger partial charge in [0.05, 0.1) is 11.5 Å². The minimum atomic E-state index is -0.488. The van der Waals surface area contributed by atoms with E-state index in [1.807, 2.05) is 0 Å². The molecule has 98 valence electrons. The molecule has 2 aromatic rings. The summed E-state index contributed by atoms with van der Waals surface area (Å²) in [5, 5.41) is 19.7. The van der Waals surface area contributed by atoms with Crippen molar-refractivity contribution in [2.45, 2.75) is 13.5 Å². The van der Waals surface area contributed by atoms with Gasteiger partial charge in [0.25, 0.3) is 5.69 Å². The van der Waals surface area contributed by atoms with Crippen LogP contribution in [0.4, 0.5) is 5.69 Å². The van der Waals surface area contributed by atoms with E-state index >= 15 is 0 Å². The van der Waals surface area contributed by atoms with Gasteiger partial charge in [-0.25, -0.2) is 4.98 Å². The molecule has 6 heteroatoms. The van der Waals surface area contributed by atoms with Gasteiger partial charge in [-0.05, 0) is 24.6 Å². The Bertz CT molecular complexity index is 613. The number of benzene rings is 1. The molecule has 0 spiro atoms. The Balaban J connectivity index is 2.23. The van der Waals surface area contributed by atoms with Gasteiger partial charge in [0, 0.05) is 11.6 Å². The Hall–Kier alpha value is -2.47. The topological polar surface area (TPSA) is 85.5 Å². The highest BCUT2D eigenvalue weighted by atomic mass is 16.6. The van der Waals surface area contributed by atoms with Crippen molar-refractivity contribution < 1.29 is 14.8 Å². The van der Waals surface area contributed by atoms with Gasteiger partial charge in [-0.15, -0.1) is 0 Å². The van der Waals surface area contributed by atoms with Crippen LogP contribution in [0.15, 0.2) is 36.5 Å². The number of pyridine rings is 1. The molecule has 0 amide bonds. The third-order valence-electron chi connectivity index (χ3n) is 2.56. The molecule has 0 radical (unpaired) electrons. The Morgan fingerprint density at radius 1 is 1.42 bits per heavy atom. The lowest BCUT2D eigenvalue weighted by Gasteiger charge is -2.06. The quantitative estimate of drug-likeness (QED) is 0.674. The normalized spacial score (nSPS) is 10.2. The number of ether oxygens (including phenoxy) is 1. The second-order valence-corrected chi connectivity index (χ2v) is 3.97. The number of hydrogen-bond acceptors (Lipinski definition) is 5. The van der Waals surface area contributed by atoms with Gasteiger partial charge in [0.15, 0.2) is 0 Å². The summed E-state index contributed by atoms with van der Waals surface area (Å²) >= 11 is 0. The maximum atomic E-state index is 10.7. The SMILES string of the molecule is Cc1cc(Oc2cccc(CO)c2)ncc1[N+](=O)[O-]. The average Bonchev–Trinajstić information content (AvgIpc) is 2.38. The average molecular weight is 260 g/mol. The van der Waals surface area contributed by atoms with Gasteiger partial charge in [-0.3, -0.25) is 10.1 Å². The lowest BCUT2D eigenvalue weighted by atomic mass is 10.2. The van der Waals surface area contributed by atoms with Crippen molar-refractivity contribution in [1.82, 2.24) is 4.98 Å². The summed E-state index contributed by atoms with van der Waals surface area (Å²) in [5.74, 6) is 0.797. The summed E-state index contributed by atoms with van der Waals surface area (Å²) in [7, 11) is 0. The molecule has 6 nitrogen and oxygen atoms in total. The van der Waals surface area contributed by atoms with E-state index in [4.69, 9.17) is 9.84 Å². The maximum absolute atomic E-state index is 10.7. The molecule has 1 N–H and O–H groups in total. The first kappa shape index (κ1) is 13.0. The van der Waals surface area contributed by atoms with Gasteiger partial charge in [-0.2, -0.15) is 0 Å². The fourth-order valence-electron chi connectivity index (χ4n) is 1.60. The molecule has 0 atom stereocenters. The van der Waals surface area contributed by atoms with Crippen molar-refractivity contribution in [2.75, 3.05) is 0 Å². The van der Waals surface area contributed by atoms with E-state index in [9.17, 15) is 10.1 Å². The van der Waals surface area contributed by atoms with Crippen molar-refractivity contribution in [2.24, 2.45) is 0 Å². The first-order valence-corrected chi connectivity index (χ1v) is 5.59. The minimum absolute atomic E-state index is 0.0449. The Labute approximate surface area is 109 Å². The van der Waals surface area contributed by atoms with E-state index in [2.05, 4.69) is 4.98 Å². The van der Waals surface area contributed by atoms with Crippen LogP contribution in [0.5, 0.6) is 11.6 Å². The van der Waals surface area contributed by atoms with Crippen molar-refractivity contribution in [3.63, 3.8) is 0 Å². The number of aliphatic hydroxyl groups is 1. The number of aryl methyl sites for hydroxylation is 1. The molecular formula is C13H12N2O4. The fraction of sp³-hybridized carbons (Fsp3) is 0.154. The first-order valence-electron chi connectivity index (χ1n) is 5.59. The van der Waals surface area contributed by atoms with Crippen LogP contribution in [-0.2, 0) is 6.61 Å². The Kier molecular flexibility index (Phi) is 3.72. The summed E-state index contributed by atoms with van der Waals surface area (Å²) < 4.78 is 5.49. The number of aliphatic hydroxyl groups excluding tert-OH is 1. The minimum Gasteiger partial charge on any atom is -0.439 e. The van der Waals surface area contributed by atoms with Crippen LogP contribution < -0.4 is 4.74 Å². The first-order chi connectivity index (χ1) is 9.10. The summed E-state index contributed by atoms with van der Waals surface area (Å²) in [6.07, 6.45) is 1.17. The van der Waals surface area contributed by atoms with Gasteiger partial charge >= 0.3 is 0 Å². The van der Waals surface area contributed by atoms with E-state index in [0.29, 0.717) is 11.3 Å². The molecule has 0 bridgehead atoms. The molecule has 0 aliphatic heterocycles. The van der Waals surface area contributed by atoms with Crippen LogP contribution in [0.1, 0.15) is 11.1 Å². The summed E-state index contributed by atoms with van der Waals surface area (Å²) in [6.45, 7) is 1.54. The highest BCUT2D eigenvalue weighted by Crippen LogP contribution is 2.25. The second-order valence-electron chi connectivity index (χ2n) is 3.97. The van der Waals surface area contributed by atoms with Gasteiger partial charge in [-0.1, -0.05) is 12.1 Å². The van der Waals surface area contributed by atoms with E-state index in [1.165, 1.54) is 12.3 Å². The predicted molar refractivity (Wildman–Crippen MR) is 68.1 cm³/mol. The van der Waals surface area contributed by atoms with Crippen LogP contribution >= 0.6 is 0 Å². The molecule has 0 saturated carbocycles. The third kappa shape index (κ3) is 3.05. The zero-order valence-electron chi connectivity index (χ0n) is 10.2. The number of hydrogen-bond donors (Lipinski definition) is 1. The van der Waals surface area contributed by atoms with Crippen LogP contribution in [0, 0.1) is 17.0 Å². The second kappa shape index (κ2) is 5.45. The van der Waals surface area contributed by atoms with Crippen LogP contribution in [-0.4, -0.2) is 15.0 Å². The fourth-order valence-corrected chi connectivity index (χ4v) is 1.60. The lowest BCUT2D eigenvalue weighted by Crippen LogP contribution is -1.95. The zero-order chi connectivity index (χ0) is 13.8. The number of rotatable bonds is 4. The van der Waals surface area contributed by atoms with E-state index in [1.54, 1.807) is 31.2 Å². The molecule has 1 heterocycles. The highest BCUT2D eigenvalue weighted by Gasteiger charge is 2.12. The van der Waals surface area contributed by atoms with Crippen LogP contribution in [0.25, 0.3) is 0 Å². The Morgan fingerprint density at radius 2 is 2.21 bits per heavy atom. The number of aromatic nitrogens is 1. The summed E-state index contributed by atoms with van der Waals surface area (Å²) in [6, 6.07) is 8.42. The molecule has 0 fully saturated rings. The number of nitro groups is 1. The van der Waals surface area contributed by atoms with Gasteiger partial charge in [0.2, 0.25) is 5.88 Å². The highest BCUT2D eigenvalue weighted by molar-refractivity contribution is 5.40. The molecule has 0 aliphatic rings. The molecule has 0 unspecified atom stereocenters.